The number of nitrogens with zero attached hydrogens (tertiary/aromatic N) is 3. The van der Waals surface area contributed by atoms with Crippen molar-refractivity contribution >= 4 is 12.3 Å². The van der Waals surface area contributed by atoms with Crippen molar-refractivity contribution in [2.75, 3.05) is 39.8 Å². The molecule has 0 atom stereocenters. The molecule has 1 aromatic carbocycles. The number of halogens is 2. The predicted octanol–water partition coefficient (Wildman–Crippen LogP) is 5.61. The Kier molecular flexibility index (Phi) is 12.0. The lowest BCUT2D eigenvalue weighted by Crippen LogP contribution is -2.37. The van der Waals surface area contributed by atoms with Crippen LogP contribution in [-0.2, 0) is 4.74 Å². The number of nitrogens with two attached hydrogens (primary N) is 1. The SMILES string of the molecule is C=C1CCN(C(=O)OC)CC1=C.CCN=CC(=C\N)/C(C)=C(/C)N1CCC(Oc2ccc(F)cc2F)CC1. The van der Waals surface area contributed by atoms with Gasteiger partial charge in [-0.05, 0) is 56.0 Å². The van der Waals surface area contributed by atoms with Crippen molar-refractivity contribution in [2.45, 2.75) is 46.1 Å². The molecule has 2 saturated heterocycles. The summed E-state index contributed by atoms with van der Waals surface area (Å²) in [5.74, 6) is -1.15. The molecule has 2 heterocycles. The molecule has 0 bridgehead atoms. The highest BCUT2D eigenvalue weighted by molar-refractivity contribution is 5.84. The zero-order chi connectivity index (χ0) is 28.2. The Bertz CT molecular complexity index is 1090. The number of hydrogen-bond acceptors (Lipinski definition) is 6. The Morgan fingerprint density at radius 1 is 1.16 bits per heavy atom. The second kappa shape index (κ2) is 15.0. The highest BCUT2D eigenvalue weighted by atomic mass is 19.1. The average Bonchev–Trinajstić information content (AvgIpc) is 2.92. The van der Waals surface area contributed by atoms with Crippen LogP contribution in [-0.4, -0.2) is 68.0 Å². The number of hydrogen-bond donors (Lipinski definition) is 1. The minimum atomic E-state index is -0.660. The van der Waals surface area contributed by atoms with Crippen molar-refractivity contribution in [3.05, 3.63) is 77.2 Å². The number of amides is 1. The summed E-state index contributed by atoms with van der Waals surface area (Å²) in [6.45, 7) is 17.3. The lowest BCUT2D eigenvalue weighted by atomic mass is 10.0. The lowest BCUT2D eigenvalue weighted by molar-refractivity contribution is 0.113. The van der Waals surface area contributed by atoms with E-state index in [1.54, 1.807) is 17.3 Å². The number of piperidine rings is 2. The third kappa shape index (κ3) is 8.75. The Balaban J connectivity index is 0.000000352. The largest absolute Gasteiger partial charge is 0.487 e. The minimum Gasteiger partial charge on any atom is -0.487 e. The maximum absolute atomic E-state index is 13.7. The first kappa shape index (κ1) is 30.6. The van der Waals surface area contributed by atoms with Crippen molar-refractivity contribution in [1.29, 1.82) is 0 Å². The van der Waals surface area contributed by atoms with Gasteiger partial charge in [-0.2, -0.15) is 0 Å². The fourth-order valence-electron chi connectivity index (χ4n) is 4.11. The van der Waals surface area contributed by atoms with E-state index in [4.69, 9.17) is 10.5 Å². The van der Waals surface area contributed by atoms with Gasteiger partial charge in [-0.25, -0.2) is 13.6 Å². The number of carbonyl (C=O) groups excluding carboxylic acids is 1. The summed E-state index contributed by atoms with van der Waals surface area (Å²) in [5, 5.41) is 0. The van der Waals surface area contributed by atoms with Gasteiger partial charge in [0.2, 0.25) is 0 Å². The molecule has 2 aliphatic rings. The van der Waals surface area contributed by atoms with Gasteiger partial charge in [0.25, 0.3) is 0 Å². The first-order valence-corrected chi connectivity index (χ1v) is 12.8. The van der Waals surface area contributed by atoms with E-state index in [1.807, 2.05) is 13.8 Å². The van der Waals surface area contributed by atoms with Crippen LogP contribution in [0.25, 0.3) is 0 Å². The first-order valence-electron chi connectivity index (χ1n) is 12.8. The lowest BCUT2D eigenvalue weighted by Gasteiger charge is -2.35. The molecule has 0 aliphatic carbocycles. The maximum atomic E-state index is 13.7. The average molecular weight is 531 g/mol. The second-order valence-corrected chi connectivity index (χ2v) is 9.19. The number of ether oxygens (including phenoxy) is 2. The number of rotatable bonds is 6. The highest BCUT2D eigenvalue weighted by Crippen LogP contribution is 2.25. The van der Waals surface area contributed by atoms with Crippen LogP contribution in [0, 0.1) is 11.6 Å². The molecule has 2 aliphatic heterocycles. The number of likely N-dealkylation sites (tertiary alicyclic amines) is 2. The monoisotopic (exact) mass is 530 g/mol. The van der Waals surface area contributed by atoms with Gasteiger partial charge in [0.05, 0.1) is 7.11 Å². The van der Waals surface area contributed by atoms with Crippen molar-refractivity contribution < 1.29 is 23.0 Å². The summed E-state index contributed by atoms with van der Waals surface area (Å²) < 4.78 is 37.0. The van der Waals surface area contributed by atoms with Crippen LogP contribution < -0.4 is 10.5 Å². The van der Waals surface area contributed by atoms with Gasteiger partial charge in [0.15, 0.2) is 11.6 Å². The summed E-state index contributed by atoms with van der Waals surface area (Å²) in [7, 11) is 1.38. The van der Waals surface area contributed by atoms with Crippen LogP contribution in [0.1, 0.15) is 40.0 Å². The zero-order valence-corrected chi connectivity index (χ0v) is 22.9. The third-order valence-electron chi connectivity index (χ3n) is 6.67. The van der Waals surface area contributed by atoms with Crippen LogP contribution in [0.4, 0.5) is 13.6 Å². The first-order chi connectivity index (χ1) is 18.1. The van der Waals surface area contributed by atoms with Gasteiger partial charge < -0.3 is 25.0 Å². The molecule has 2 fully saturated rings. The molecule has 38 heavy (non-hydrogen) atoms. The van der Waals surface area contributed by atoms with E-state index in [-0.39, 0.29) is 17.9 Å². The molecule has 9 heteroatoms. The Hall–Kier alpha value is -3.62. The molecule has 0 radical (unpaired) electrons. The van der Waals surface area contributed by atoms with Gasteiger partial charge in [0, 0.05) is 75.3 Å². The Morgan fingerprint density at radius 2 is 1.84 bits per heavy atom. The molecule has 0 saturated carbocycles. The molecule has 1 aromatic rings. The Morgan fingerprint density at radius 3 is 2.39 bits per heavy atom. The van der Waals surface area contributed by atoms with Crippen molar-refractivity contribution in [1.82, 2.24) is 9.80 Å². The van der Waals surface area contributed by atoms with Crippen molar-refractivity contribution in [3.63, 3.8) is 0 Å². The summed E-state index contributed by atoms with van der Waals surface area (Å²) >= 11 is 0. The van der Waals surface area contributed by atoms with Crippen LogP contribution in [0.15, 0.2) is 70.5 Å². The van der Waals surface area contributed by atoms with E-state index in [1.165, 1.54) is 19.2 Å². The molecule has 0 unspecified atom stereocenters. The van der Waals surface area contributed by atoms with Gasteiger partial charge in [-0.15, -0.1) is 0 Å². The molecule has 0 spiro atoms. The summed E-state index contributed by atoms with van der Waals surface area (Å²) in [4.78, 5) is 19.2. The summed E-state index contributed by atoms with van der Waals surface area (Å²) in [5.41, 5.74) is 10.8. The minimum absolute atomic E-state index is 0.0782. The number of allylic oxidation sites excluding steroid dienone is 3. The van der Waals surface area contributed by atoms with Crippen molar-refractivity contribution in [3.8, 4) is 5.75 Å². The van der Waals surface area contributed by atoms with Crippen LogP contribution in [0.5, 0.6) is 5.75 Å². The van der Waals surface area contributed by atoms with Crippen LogP contribution >= 0.6 is 0 Å². The fourth-order valence-corrected chi connectivity index (χ4v) is 4.11. The predicted molar refractivity (Wildman–Crippen MR) is 148 cm³/mol. The smallest absolute Gasteiger partial charge is 0.409 e. The summed E-state index contributed by atoms with van der Waals surface area (Å²) in [6.07, 6.45) is 5.35. The number of aliphatic imine (C=N–C) groups is 1. The molecular weight excluding hydrogens is 490 g/mol. The maximum Gasteiger partial charge on any atom is 0.409 e. The van der Waals surface area contributed by atoms with E-state index in [0.29, 0.717) is 19.6 Å². The van der Waals surface area contributed by atoms with Crippen LogP contribution in [0.3, 0.4) is 0 Å². The van der Waals surface area contributed by atoms with E-state index < -0.39 is 11.6 Å². The number of methoxy groups -OCH3 is 1. The number of carbonyl (C=O) groups is 1. The molecule has 208 valence electrons. The molecule has 3 rings (SSSR count). The molecule has 2 N–H and O–H groups in total. The third-order valence-corrected chi connectivity index (χ3v) is 6.67. The highest BCUT2D eigenvalue weighted by Gasteiger charge is 2.23. The zero-order valence-electron chi connectivity index (χ0n) is 22.9. The quantitative estimate of drug-likeness (QED) is 0.382. The standard InChI is InChI=1S/C20H27F2N3O.C9H13NO2/c1-4-24-13-16(12-23)14(2)15(3)25-9-7-18(8-10-25)26-20-6-5-17(21)11-19(20)22;1-7-4-5-10(6-8(7)2)9(11)12-3/h5-6,11-13,18H,4,7-10,23H2,1-3H3;1-2,4-6H2,3H3/b15-14-,16-12+,24-13?;. The van der Waals surface area contributed by atoms with Gasteiger partial charge in [0.1, 0.15) is 11.9 Å². The normalized spacial score (nSPS) is 17.7. The van der Waals surface area contributed by atoms with Gasteiger partial charge >= 0.3 is 6.09 Å². The fraction of sp³-hybridized carbons (Fsp3) is 0.448. The van der Waals surface area contributed by atoms with Crippen molar-refractivity contribution in [2.24, 2.45) is 10.7 Å². The van der Waals surface area contributed by atoms with Gasteiger partial charge in [-0.1, -0.05) is 13.2 Å². The second-order valence-electron chi connectivity index (χ2n) is 9.19. The molecule has 7 nitrogen and oxygen atoms in total. The van der Waals surface area contributed by atoms with E-state index in [9.17, 15) is 13.6 Å². The molecule has 1 amide bonds. The molecule has 0 aromatic heterocycles. The summed E-state index contributed by atoms with van der Waals surface area (Å²) in [6, 6.07) is 3.40. The molecular formula is C29H40F2N4O3. The topological polar surface area (TPSA) is 80.4 Å². The van der Waals surface area contributed by atoms with E-state index >= 15 is 0 Å². The van der Waals surface area contributed by atoms with Gasteiger partial charge in [-0.3, -0.25) is 4.99 Å². The number of benzene rings is 1. The van der Waals surface area contributed by atoms with E-state index in [0.717, 1.165) is 66.4 Å². The van der Waals surface area contributed by atoms with E-state index in [2.05, 4.69) is 34.7 Å². The Labute approximate surface area is 225 Å². The van der Waals surface area contributed by atoms with Crippen LogP contribution in [0.2, 0.25) is 0 Å².